The summed E-state index contributed by atoms with van der Waals surface area (Å²) in [6, 6.07) is 10.8. The lowest BCUT2D eigenvalue weighted by atomic mass is 10.4. The molecule has 0 heterocycles. The fourth-order valence-corrected chi connectivity index (χ4v) is 6.63. The van der Waals surface area contributed by atoms with Crippen LogP contribution in [0, 0.1) is 0 Å². The van der Waals surface area contributed by atoms with Crippen molar-refractivity contribution in [3.8, 4) is 0 Å². The average molecular weight is 285 g/mol. The van der Waals surface area contributed by atoms with E-state index in [1.54, 1.807) is 0 Å². The third-order valence-corrected chi connectivity index (χ3v) is 8.37. The van der Waals surface area contributed by atoms with Crippen molar-refractivity contribution in [2.75, 3.05) is 7.11 Å². The molecule has 0 saturated heterocycles. The molecule has 1 aromatic rings. The van der Waals surface area contributed by atoms with Crippen molar-refractivity contribution in [3.63, 3.8) is 0 Å². The second-order valence-electron chi connectivity index (χ2n) is 4.91. The maximum atomic E-state index is 6.06. The highest BCUT2D eigenvalue weighted by Gasteiger charge is 2.34. The van der Waals surface area contributed by atoms with E-state index in [0.717, 1.165) is 5.02 Å². The second kappa shape index (κ2) is 7.98. The Labute approximate surface area is 118 Å². The molecule has 0 N–H and O–H groups in total. The highest BCUT2D eigenvalue weighted by Crippen LogP contribution is 2.23. The van der Waals surface area contributed by atoms with Gasteiger partial charge in [0.25, 0.3) is 0 Å². The van der Waals surface area contributed by atoms with E-state index in [2.05, 4.69) is 26.0 Å². The van der Waals surface area contributed by atoms with Crippen LogP contribution in [0.3, 0.4) is 0 Å². The van der Waals surface area contributed by atoms with Crippen molar-refractivity contribution in [1.29, 1.82) is 0 Å². The highest BCUT2D eigenvalue weighted by molar-refractivity contribution is 6.86. The van der Waals surface area contributed by atoms with E-state index in [-0.39, 0.29) is 0 Å². The van der Waals surface area contributed by atoms with Crippen molar-refractivity contribution in [2.24, 2.45) is 0 Å². The first kappa shape index (κ1) is 15.7. The molecule has 0 aromatic heterocycles. The second-order valence-corrected chi connectivity index (χ2v) is 9.32. The molecule has 1 aromatic carbocycles. The zero-order chi connectivity index (χ0) is 13.4. The van der Waals surface area contributed by atoms with Crippen LogP contribution in [0.1, 0.15) is 39.5 Å². The van der Waals surface area contributed by atoms with Crippen LogP contribution in [0.25, 0.3) is 0 Å². The Kier molecular flexibility index (Phi) is 6.98. The minimum absolute atomic E-state index is 0.809. The van der Waals surface area contributed by atoms with E-state index < -0.39 is 8.32 Å². The molecule has 0 spiro atoms. The molecule has 0 radical (unpaired) electrons. The summed E-state index contributed by atoms with van der Waals surface area (Å²) in [4.78, 5) is 0. The smallest absolute Gasteiger partial charge is 0.223 e. The average Bonchev–Trinajstić information content (AvgIpc) is 2.41. The van der Waals surface area contributed by atoms with E-state index >= 15 is 0 Å². The van der Waals surface area contributed by atoms with Crippen molar-refractivity contribution in [3.05, 3.63) is 29.3 Å². The number of hydrogen-bond acceptors (Lipinski definition) is 1. The van der Waals surface area contributed by atoms with Crippen molar-refractivity contribution < 1.29 is 4.43 Å². The van der Waals surface area contributed by atoms with Gasteiger partial charge in [-0.3, -0.25) is 0 Å². The molecule has 18 heavy (non-hydrogen) atoms. The Balaban J connectivity index is 2.95. The summed E-state index contributed by atoms with van der Waals surface area (Å²) in [5.41, 5.74) is 0. The topological polar surface area (TPSA) is 9.23 Å². The number of hydrogen-bond donors (Lipinski definition) is 0. The maximum absolute atomic E-state index is 6.06. The molecular weight excluding hydrogens is 260 g/mol. The molecule has 0 fully saturated rings. The molecule has 0 saturated carbocycles. The van der Waals surface area contributed by atoms with Gasteiger partial charge in [0.2, 0.25) is 8.32 Å². The maximum Gasteiger partial charge on any atom is 0.223 e. The zero-order valence-corrected chi connectivity index (χ0v) is 13.6. The third-order valence-electron chi connectivity index (χ3n) is 3.63. The molecule has 0 aliphatic carbocycles. The summed E-state index contributed by atoms with van der Waals surface area (Å²) in [5, 5.41) is 2.21. The molecule has 1 rings (SSSR count). The van der Waals surface area contributed by atoms with E-state index in [4.69, 9.17) is 16.0 Å². The molecule has 0 bridgehead atoms. The number of rotatable bonds is 8. The van der Waals surface area contributed by atoms with Crippen LogP contribution >= 0.6 is 11.6 Å². The first-order valence-electron chi connectivity index (χ1n) is 6.99. The normalized spacial score (nSPS) is 11.8. The van der Waals surface area contributed by atoms with E-state index in [9.17, 15) is 0 Å². The van der Waals surface area contributed by atoms with Gasteiger partial charge in [-0.25, -0.2) is 0 Å². The molecule has 0 aliphatic rings. The lowest BCUT2D eigenvalue weighted by Crippen LogP contribution is -2.49. The fraction of sp³-hybridized carbons (Fsp3) is 0.600. The van der Waals surface area contributed by atoms with E-state index in [0.29, 0.717) is 0 Å². The predicted octanol–water partition coefficient (Wildman–Crippen LogP) is 4.74. The van der Waals surface area contributed by atoms with Gasteiger partial charge in [-0.2, -0.15) is 0 Å². The molecule has 3 heteroatoms. The lowest BCUT2D eigenvalue weighted by Gasteiger charge is -2.30. The van der Waals surface area contributed by atoms with Gasteiger partial charge < -0.3 is 4.43 Å². The summed E-state index contributed by atoms with van der Waals surface area (Å²) < 4.78 is 6.06. The highest BCUT2D eigenvalue weighted by atomic mass is 35.5. The summed E-state index contributed by atoms with van der Waals surface area (Å²) in [7, 11) is 0.126. The van der Waals surface area contributed by atoms with Crippen molar-refractivity contribution >= 4 is 25.1 Å². The summed E-state index contributed by atoms with van der Waals surface area (Å²) in [5.74, 6) is 0. The Morgan fingerprint density at radius 1 is 1.00 bits per heavy atom. The van der Waals surface area contributed by atoms with Gasteiger partial charge in [0.15, 0.2) is 0 Å². The van der Waals surface area contributed by atoms with Gasteiger partial charge in [0.05, 0.1) is 0 Å². The number of unbranched alkanes of at least 4 members (excludes halogenated alkanes) is 2. The van der Waals surface area contributed by atoms with Crippen LogP contribution in [0.2, 0.25) is 17.1 Å². The lowest BCUT2D eigenvalue weighted by molar-refractivity contribution is 0.398. The number of benzene rings is 1. The van der Waals surface area contributed by atoms with Gasteiger partial charge in [0, 0.05) is 12.1 Å². The van der Waals surface area contributed by atoms with Crippen LogP contribution < -0.4 is 5.19 Å². The minimum Gasteiger partial charge on any atom is -0.415 e. The molecule has 0 atom stereocenters. The standard InChI is InChI=1S/C15H25ClOSi/c1-4-6-12-18(17-3,13-7-5-2)15-10-8-14(16)9-11-15/h8-11H,4-7,12-13H2,1-3H3. The Morgan fingerprint density at radius 2 is 1.50 bits per heavy atom. The van der Waals surface area contributed by atoms with Crippen LogP contribution in [0.5, 0.6) is 0 Å². The molecule has 1 nitrogen and oxygen atoms in total. The fourth-order valence-electron chi connectivity index (χ4n) is 2.41. The Bertz CT molecular complexity index is 329. The first-order chi connectivity index (χ1) is 8.68. The Morgan fingerprint density at radius 3 is 1.89 bits per heavy atom. The molecule has 0 unspecified atom stereocenters. The molecular formula is C15H25ClOSi. The quantitative estimate of drug-likeness (QED) is 0.627. The summed E-state index contributed by atoms with van der Waals surface area (Å²) in [6.45, 7) is 4.49. The SMILES string of the molecule is CCCC[Si](CCCC)(OC)c1ccc(Cl)cc1. The van der Waals surface area contributed by atoms with E-state index in [1.807, 2.05) is 19.2 Å². The van der Waals surface area contributed by atoms with Gasteiger partial charge in [-0.1, -0.05) is 63.3 Å². The monoisotopic (exact) mass is 284 g/mol. The number of halogens is 1. The van der Waals surface area contributed by atoms with Crippen molar-refractivity contribution in [2.45, 2.75) is 51.6 Å². The zero-order valence-electron chi connectivity index (χ0n) is 11.8. The van der Waals surface area contributed by atoms with Crippen LogP contribution in [-0.2, 0) is 4.43 Å². The van der Waals surface area contributed by atoms with Crippen LogP contribution in [0.4, 0.5) is 0 Å². The molecule has 102 valence electrons. The van der Waals surface area contributed by atoms with Crippen molar-refractivity contribution in [1.82, 2.24) is 0 Å². The molecule has 0 amide bonds. The van der Waals surface area contributed by atoms with Gasteiger partial charge in [-0.05, 0) is 29.4 Å². The van der Waals surface area contributed by atoms with Gasteiger partial charge >= 0.3 is 0 Å². The van der Waals surface area contributed by atoms with Gasteiger partial charge in [0.1, 0.15) is 0 Å². The Hall–Kier alpha value is -0.313. The minimum atomic E-state index is -1.77. The summed E-state index contributed by atoms with van der Waals surface area (Å²) >= 11 is 5.99. The van der Waals surface area contributed by atoms with Crippen LogP contribution in [0.15, 0.2) is 24.3 Å². The van der Waals surface area contributed by atoms with E-state index in [1.165, 1.54) is 43.0 Å². The van der Waals surface area contributed by atoms with Crippen LogP contribution in [-0.4, -0.2) is 15.4 Å². The predicted molar refractivity (Wildman–Crippen MR) is 83.3 cm³/mol. The van der Waals surface area contributed by atoms with Gasteiger partial charge in [-0.15, -0.1) is 0 Å². The first-order valence-corrected chi connectivity index (χ1v) is 9.69. The third kappa shape index (κ3) is 4.11. The summed E-state index contributed by atoms with van der Waals surface area (Å²) in [6.07, 6.45) is 4.98. The molecule has 0 aliphatic heterocycles. The largest absolute Gasteiger partial charge is 0.415 e.